The molecule has 0 aromatic heterocycles. The van der Waals surface area contributed by atoms with Gasteiger partial charge in [0.1, 0.15) is 0 Å². The monoisotopic (exact) mass is 180 g/mol. The van der Waals surface area contributed by atoms with Gasteiger partial charge in [0.05, 0.1) is 0 Å². The van der Waals surface area contributed by atoms with Crippen molar-refractivity contribution in [2.45, 2.75) is 65.7 Å². The van der Waals surface area contributed by atoms with E-state index in [1.54, 1.807) is 0 Å². The van der Waals surface area contributed by atoms with Gasteiger partial charge in [-0.05, 0) is 37.0 Å². The molecule has 1 aliphatic carbocycles. The molecule has 1 saturated carbocycles. The Morgan fingerprint density at radius 2 is 2.08 bits per heavy atom. The quantitative estimate of drug-likeness (QED) is 0.598. The van der Waals surface area contributed by atoms with E-state index in [4.69, 9.17) is 0 Å². The lowest BCUT2D eigenvalue weighted by Gasteiger charge is -2.40. The van der Waals surface area contributed by atoms with Crippen LogP contribution in [0.3, 0.4) is 0 Å². The van der Waals surface area contributed by atoms with Crippen LogP contribution in [0.4, 0.5) is 0 Å². The van der Waals surface area contributed by atoms with Gasteiger partial charge in [0.2, 0.25) is 0 Å². The summed E-state index contributed by atoms with van der Waals surface area (Å²) in [5.74, 6) is 0.791. The van der Waals surface area contributed by atoms with Gasteiger partial charge in [-0.1, -0.05) is 46.5 Å². The molecule has 0 aliphatic heterocycles. The first-order valence-electron chi connectivity index (χ1n) is 5.96. The largest absolute Gasteiger partial charge is 0.0654 e. The highest BCUT2D eigenvalue weighted by molar-refractivity contribution is 4.97. The minimum absolute atomic E-state index is 0.480. The van der Waals surface area contributed by atoms with Gasteiger partial charge in [-0.15, -0.1) is 0 Å². The van der Waals surface area contributed by atoms with E-state index in [2.05, 4.69) is 27.2 Å². The Bertz CT molecular complexity index is 129. The van der Waals surface area contributed by atoms with E-state index in [1.165, 1.54) is 44.9 Å². The lowest BCUT2D eigenvalue weighted by molar-refractivity contribution is 0.162. The summed E-state index contributed by atoms with van der Waals surface area (Å²) in [5.41, 5.74) is 0.480. The van der Waals surface area contributed by atoms with Crippen LogP contribution in [0.1, 0.15) is 65.7 Å². The molecule has 0 amide bonds. The third-order valence-corrected chi connectivity index (χ3v) is 3.61. The molecule has 1 atom stereocenters. The van der Waals surface area contributed by atoms with E-state index in [1.807, 2.05) is 0 Å². The summed E-state index contributed by atoms with van der Waals surface area (Å²) in [7, 11) is 0. The second kappa shape index (κ2) is 5.02. The Balaban J connectivity index is 2.51. The average molecular weight is 180 g/mol. The van der Waals surface area contributed by atoms with Crippen molar-refractivity contribution in [1.82, 2.24) is 0 Å². The number of rotatable bonds is 4. The molecule has 1 aliphatic rings. The van der Waals surface area contributed by atoms with Crippen LogP contribution in [0.15, 0.2) is 0 Å². The predicted octanol–water partition coefficient (Wildman–Crippen LogP) is 4.47. The topological polar surface area (TPSA) is 0 Å². The molecule has 0 heterocycles. The molecule has 0 saturated heterocycles. The van der Waals surface area contributed by atoms with Crippen molar-refractivity contribution < 1.29 is 0 Å². The summed E-state index contributed by atoms with van der Waals surface area (Å²) in [4.78, 5) is 0. The molecule has 1 rings (SSSR count). The predicted molar refractivity (Wildman–Crippen MR) is 58.5 cm³/mol. The van der Waals surface area contributed by atoms with Crippen LogP contribution in [0.2, 0.25) is 0 Å². The standard InChI is InChI=1S/C13H24/c1-4-5-9-13(12(2)3)10-7-6-8-11-13/h12H,4-10H2,1-3H3. The molecular weight excluding hydrogens is 156 g/mol. The van der Waals surface area contributed by atoms with Crippen LogP contribution in [0.5, 0.6) is 0 Å². The Morgan fingerprint density at radius 1 is 1.31 bits per heavy atom. The zero-order valence-electron chi connectivity index (χ0n) is 9.53. The number of unbranched alkanes of at least 4 members (excludes halogenated alkanes) is 1. The molecule has 0 aromatic carbocycles. The minimum atomic E-state index is 0.480. The average Bonchev–Trinajstić information content (AvgIpc) is 2.16. The fourth-order valence-corrected chi connectivity index (χ4v) is 2.48. The van der Waals surface area contributed by atoms with Crippen molar-refractivity contribution in [2.75, 3.05) is 0 Å². The normalized spacial score (nSPS) is 22.2. The lowest BCUT2D eigenvalue weighted by Crippen LogP contribution is -2.30. The van der Waals surface area contributed by atoms with Crippen molar-refractivity contribution in [3.63, 3.8) is 0 Å². The summed E-state index contributed by atoms with van der Waals surface area (Å²) < 4.78 is 0. The first kappa shape index (κ1) is 11.1. The zero-order chi connectivity index (χ0) is 9.73. The molecule has 0 bridgehead atoms. The van der Waals surface area contributed by atoms with Crippen molar-refractivity contribution >= 4 is 0 Å². The van der Waals surface area contributed by atoms with Gasteiger partial charge in [0, 0.05) is 0 Å². The first-order valence-corrected chi connectivity index (χ1v) is 5.96. The molecule has 1 unspecified atom stereocenters. The van der Waals surface area contributed by atoms with Gasteiger partial charge in [-0.25, -0.2) is 0 Å². The smallest absolute Gasteiger partial charge is 0.0103 e. The second-order valence-corrected chi connectivity index (χ2v) is 4.80. The van der Waals surface area contributed by atoms with Gasteiger partial charge in [-0.2, -0.15) is 0 Å². The molecule has 0 N–H and O–H groups in total. The molecule has 1 fully saturated rings. The highest BCUT2D eigenvalue weighted by atomic mass is 14.4. The fraction of sp³-hybridized carbons (Fsp3) is 0.923. The summed E-state index contributed by atoms with van der Waals surface area (Å²) in [6.45, 7) is 7.03. The molecule has 76 valence electrons. The van der Waals surface area contributed by atoms with Crippen molar-refractivity contribution in [1.29, 1.82) is 0 Å². The summed E-state index contributed by atoms with van der Waals surface area (Å²) in [5, 5.41) is 0. The Kier molecular flexibility index (Phi) is 4.28. The highest BCUT2D eigenvalue weighted by Gasteiger charge is 2.34. The molecule has 0 nitrogen and oxygen atoms in total. The summed E-state index contributed by atoms with van der Waals surface area (Å²) in [6.07, 6.45) is 13.3. The SMILES string of the molecule is CCCCC1(C(C)C)[C]CCCC1. The van der Waals surface area contributed by atoms with Crippen LogP contribution < -0.4 is 0 Å². The van der Waals surface area contributed by atoms with Gasteiger partial charge in [0.25, 0.3) is 0 Å². The van der Waals surface area contributed by atoms with E-state index in [0.29, 0.717) is 5.41 Å². The van der Waals surface area contributed by atoms with Gasteiger partial charge in [0.15, 0.2) is 0 Å². The Labute approximate surface area is 84.1 Å². The molecule has 2 radical (unpaired) electrons. The Hall–Kier alpha value is 0. The van der Waals surface area contributed by atoms with Gasteiger partial charge < -0.3 is 0 Å². The second-order valence-electron chi connectivity index (χ2n) is 4.80. The van der Waals surface area contributed by atoms with E-state index in [9.17, 15) is 0 Å². The maximum atomic E-state index is 3.77. The zero-order valence-corrected chi connectivity index (χ0v) is 9.53. The lowest BCUT2D eigenvalue weighted by atomic mass is 9.64. The first-order chi connectivity index (χ1) is 6.21. The summed E-state index contributed by atoms with van der Waals surface area (Å²) in [6, 6.07) is 0. The highest BCUT2D eigenvalue weighted by Crippen LogP contribution is 2.45. The third kappa shape index (κ3) is 2.72. The maximum Gasteiger partial charge on any atom is -0.0103 e. The number of hydrogen-bond donors (Lipinski definition) is 0. The van der Waals surface area contributed by atoms with E-state index < -0.39 is 0 Å². The summed E-state index contributed by atoms with van der Waals surface area (Å²) >= 11 is 0. The van der Waals surface area contributed by atoms with E-state index in [0.717, 1.165) is 5.92 Å². The molecule has 13 heavy (non-hydrogen) atoms. The van der Waals surface area contributed by atoms with Crippen LogP contribution in [0, 0.1) is 17.8 Å². The molecule has 0 spiro atoms. The van der Waals surface area contributed by atoms with Gasteiger partial charge in [-0.3, -0.25) is 0 Å². The van der Waals surface area contributed by atoms with Crippen LogP contribution >= 0.6 is 0 Å². The molecule has 0 heteroatoms. The molecular formula is C13H24. The Morgan fingerprint density at radius 3 is 2.54 bits per heavy atom. The van der Waals surface area contributed by atoms with Crippen molar-refractivity contribution in [2.24, 2.45) is 11.3 Å². The third-order valence-electron chi connectivity index (χ3n) is 3.61. The molecule has 0 aromatic rings. The number of hydrogen-bond acceptors (Lipinski definition) is 0. The van der Waals surface area contributed by atoms with E-state index in [-0.39, 0.29) is 0 Å². The van der Waals surface area contributed by atoms with Crippen LogP contribution in [-0.4, -0.2) is 0 Å². The minimum Gasteiger partial charge on any atom is -0.0654 e. The van der Waals surface area contributed by atoms with Crippen molar-refractivity contribution in [3.05, 3.63) is 6.42 Å². The van der Waals surface area contributed by atoms with Crippen molar-refractivity contribution in [3.8, 4) is 0 Å². The van der Waals surface area contributed by atoms with Crippen LogP contribution in [-0.2, 0) is 0 Å². The maximum absolute atomic E-state index is 3.77. The van der Waals surface area contributed by atoms with Crippen LogP contribution in [0.25, 0.3) is 0 Å². The van der Waals surface area contributed by atoms with Gasteiger partial charge >= 0.3 is 0 Å². The fourth-order valence-electron chi connectivity index (χ4n) is 2.48. The van der Waals surface area contributed by atoms with E-state index >= 15 is 0 Å².